The van der Waals surface area contributed by atoms with Gasteiger partial charge in [-0.1, -0.05) is 28.9 Å². The number of carbonyl (C=O) groups is 1. The van der Waals surface area contributed by atoms with Crippen LogP contribution in [-0.2, 0) is 4.74 Å². The largest absolute Gasteiger partial charge is 0.444 e. The summed E-state index contributed by atoms with van der Waals surface area (Å²) in [7, 11) is 0. The summed E-state index contributed by atoms with van der Waals surface area (Å²) in [5.41, 5.74) is -0.418. The Morgan fingerprint density at radius 3 is 2.67 bits per heavy atom. The molecule has 1 rings (SSSR count). The quantitative estimate of drug-likeness (QED) is 0.680. The van der Waals surface area contributed by atoms with E-state index in [2.05, 4.69) is 22.9 Å². The Kier molecular flexibility index (Phi) is 3.82. The van der Waals surface area contributed by atoms with Crippen molar-refractivity contribution in [3.8, 4) is 0 Å². The van der Waals surface area contributed by atoms with Gasteiger partial charge in [0.2, 0.25) is 0 Å². The van der Waals surface area contributed by atoms with Gasteiger partial charge in [0.25, 0.3) is 0 Å². The fourth-order valence-corrected chi connectivity index (χ4v) is 1.66. The Balaban J connectivity index is 2.57. The van der Waals surface area contributed by atoms with E-state index in [1.54, 1.807) is 4.90 Å². The van der Waals surface area contributed by atoms with E-state index in [4.69, 9.17) is 4.74 Å². The minimum atomic E-state index is -0.418. The number of rotatable bonds is 0. The summed E-state index contributed by atoms with van der Waals surface area (Å²) in [4.78, 5) is 13.4. The number of amides is 1. The van der Waals surface area contributed by atoms with Gasteiger partial charge in [-0.25, -0.2) is 4.79 Å². The molecule has 0 N–H and O–H groups in total. The molecule has 0 radical (unpaired) electrons. The zero-order chi connectivity index (χ0) is 11.6. The molecule has 1 heterocycles. The van der Waals surface area contributed by atoms with Crippen molar-refractivity contribution in [2.45, 2.75) is 33.3 Å². The zero-order valence-electron chi connectivity index (χ0n) is 9.71. The lowest BCUT2D eigenvalue weighted by Gasteiger charge is -2.31. The van der Waals surface area contributed by atoms with Gasteiger partial charge in [0.05, 0.1) is 0 Å². The van der Waals surface area contributed by atoms with Crippen LogP contribution in [0.1, 0.15) is 27.7 Å². The number of ether oxygens (including phenoxy) is 1. The number of hydrogen-bond acceptors (Lipinski definition) is 2. The summed E-state index contributed by atoms with van der Waals surface area (Å²) in [6, 6.07) is 0. The first-order chi connectivity index (χ1) is 6.79. The second-order valence-corrected chi connectivity index (χ2v) is 5.79. The van der Waals surface area contributed by atoms with Crippen LogP contribution in [-0.4, -0.2) is 29.7 Å². The predicted molar refractivity (Wildman–Crippen MR) is 64.0 cm³/mol. The first kappa shape index (κ1) is 12.6. The lowest BCUT2D eigenvalue weighted by molar-refractivity contribution is 0.0247. The van der Waals surface area contributed by atoms with Gasteiger partial charge in [0.1, 0.15) is 5.60 Å². The molecule has 4 heteroatoms. The molecule has 0 aromatic heterocycles. The predicted octanol–water partition coefficient (Wildman–Crippen LogP) is 3.15. The van der Waals surface area contributed by atoms with Crippen LogP contribution in [0, 0.1) is 5.92 Å². The Bertz CT molecular complexity index is 281. The van der Waals surface area contributed by atoms with Crippen molar-refractivity contribution in [1.29, 1.82) is 0 Å². The highest BCUT2D eigenvalue weighted by Crippen LogP contribution is 2.23. The standard InChI is InChI=1S/C11H18BrNO2/c1-8-7-13(6-5-9(8)12)10(14)15-11(2,3)4/h5,8H,6-7H2,1-4H3/t8-/m0/s1. The third-order valence-corrected chi connectivity index (χ3v) is 3.23. The van der Waals surface area contributed by atoms with Gasteiger partial charge in [-0.3, -0.25) is 0 Å². The van der Waals surface area contributed by atoms with E-state index in [1.807, 2.05) is 26.8 Å². The third kappa shape index (κ3) is 3.86. The minimum Gasteiger partial charge on any atom is -0.444 e. The topological polar surface area (TPSA) is 29.5 Å². The maximum absolute atomic E-state index is 11.7. The lowest BCUT2D eigenvalue weighted by Crippen LogP contribution is -2.41. The number of nitrogens with zero attached hydrogens (tertiary/aromatic N) is 1. The molecule has 86 valence electrons. The van der Waals surface area contributed by atoms with E-state index >= 15 is 0 Å². The molecule has 0 saturated carbocycles. The van der Waals surface area contributed by atoms with Crippen molar-refractivity contribution in [2.75, 3.05) is 13.1 Å². The lowest BCUT2D eigenvalue weighted by atomic mass is 10.1. The fourth-order valence-electron chi connectivity index (χ4n) is 1.37. The van der Waals surface area contributed by atoms with Crippen LogP contribution in [0.15, 0.2) is 10.6 Å². The van der Waals surface area contributed by atoms with Crippen LogP contribution in [0.4, 0.5) is 4.79 Å². The van der Waals surface area contributed by atoms with Crippen LogP contribution in [0.2, 0.25) is 0 Å². The molecule has 1 aliphatic rings. The SMILES string of the molecule is C[C@H]1CN(C(=O)OC(C)(C)C)CC=C1Br. The monoisotopic (exact) mass is 275 g/mol. The smallest absolute Gasteiger partial charge is 0.410 e. The maximum atomic E-state index is 11.7. The Hall–Kier alpha value is -0.510. The maximum Gasteiger partial charge on any atom is 0.410 e. The fraction of sp³-hybridized carbons (Fsp3) is 0.727. The Morgan fingerprint density at radius 1 is 1.60 bits per heavy atom. The number of hydrogen-bond donors (Lipinski definition) is 0. The number of halogens is 1. The van der Waals surface area contributed by atoms with Crippen molar-refractivity contribution in [2.24, 2.45) is 5.92 Å². The molecule has 1 amide bonds. The van der Waals surface area contributed by atoms with Crippen molar-refractivity contribution in [3.63, 3.8) is 0 Å². The van der Waals surface area contributed by atoms with Crippen LogP contribution >= 0.6 is 15.9 Å². The highest BCUT2D eigenvalue weighted by Gasteiger charge is 2.25. The van der Waals surface area contributed by atoms with E-state index in [-0.39, 0.29) is 6.09 Å². The second-order valence-electron chi connectivity index (χ2n) is 4.88. The first-order valence-corrected chi connectivity index (χ1v) is 5.92. The normalized spacial score (nSPS) is 22.3. The van der Waals surface area contributed by atoms with Gasteiger partial charge in [-0.2, -0.15) is 0 Å². The van der Waals surface area contributed by atoms with E-state index in [0.29, 0.717) is 19.0 Å². The first-order valence-electron chi connectivity index (χ1n) is 5.13. The zero-order valence-corrected chi connectivity index (χ0v) is 11.3. The van der Waals surface area contributed by atoms with Gasteiger partial charge in [-0.05, 0) is 25.3 Å². The molecule has 1 aliphatic heterocycles. The van der Waals surface area contributed by atoms with Gasteiger partial charge < -0.3 is 9.64 Å². The molecule has 0 aromatic carbocycles. The van der Waals surface area contributed by atoms with Gasteiger partial charge in [0.15, 0.2) is 0 Å². The van der Waals surface area contributed by atoms with E-state index < -0.39 is 5.60 Å². The van der Waals surface area contributed by atoms with Gasteiger partial charge >= 0.3 is 6.09 Å². The third-order valence-electron chi connectivity index (χ3n) is 2.12. The van der Waals surface area contributed by atoms with E-state index in [9.17, 15) is 4.79 Å². The van der Waals surface area contributed by atoms with E-state index in [1.165, 1.54) is 4.48 Å². The Labute approximate surface area is 99.6 Å². The van der Waals surface area contributed by atoms with Crippen molar-refractivity contribution < 1.29 is 9.53 Å². The molecule has 15 heavy (non-hydrogen) atoms. The molecule has 0 unspecified atom stereocenters. The highest BCUT2D eigenvalue weighted by molar-refractivity contribution is 9.11. The summed E-state index contributed by atoms with van der Waals surface area (Å²) < 4.78 is 6.47. The van der Waals surface area contributed by atoms with Gasteiger partial charge in [0, 0.05) is 19.0 Å². The highest BCUT2D eigenvalue weighted by atomic mass is 79.9. The average molecular weight is 276 g/mol. The van der Waals surface area contributed by atoms with Crippen LogP contribution in [0.5, 0.6) is 0 Å². The molecule has 3 nitrogen and oxygen atoms in total. The summed E-state index contributed by atoms with van der Waals surface area (Å²) >= 11 is 3.47. The molecule has 0 fully saturated rings. The number of carbonyl (C=O) groups excluding carboxylic acids is 1. The van der Waals surface area contributed by atoms with Crippen molar-refractivity contribution >= 4 is 22.0 Å². The summed E-state index contributed by atoms with van der Waals surface area (Å²) in [5, 5.41) is 0. The van der Waals surface area contributed by atoms with E-state index in [0.717, 1.165) is 0 Å². The second kappa shape index (κ2) is 4.56. The van der Waals surface area contributed by atoms with Crippen molar-refractivity contribution in [3.05, 3.63) is 10.6 Å². The molecular formula is C11H18BrNO2. The molecule has 0 aromatic rings. The summed E-state index contributed by atoms with van der Waals surface area (Å²) in [5.74, 6) is 0.353. The summed E-state index contributed by atoms with van der Waals surface area (Å²) in [6.07, 6.45) is 1.78. The molecule has 0 spiro atoms. The molecule has 0 bridgehead atoms. The molecule has 0 aliphatic carbocycles. The van der Waals surface area contributed by atoms with Crippen LogP contribution in [0.25, 0.3) is 0 Å². The molecular weight excluding hydrogens is 258 g/mol. The van der Waals surface area contributed by atoms with Gasteiger partial charge in [-0.15, -0.1) is 0 Å². The molecule has 0 saturated heterocycles. The average Bonchev–Trinajstić information content (AvgIpc) is 2.06. The van der Waals surface area contributed by atoms with Crippen LogP contribution in [0.3, 0.4) is 0 Å². The molecule has 1 atom stereocenters. The minimum absolute atomic E-state index is 0.231. The summed E-state index contributed by atoms with van der Waals surface area (Å²) in [6.45, 7) is 9.06. The Morgan fingerprint density at radius 2 is 2.20 bits per heavy atom. The van der Waals surface area contributed by atoms with Crippen molar-refractivity contribution in [1.82, 2.24) is 4.90 Å². The van der Waals surface area contributed by atoms with Crippen LogP contribution < -0.4 is 0 Å².